The summed E-state index contributed by atoms with van der Waals surface area (Å²) in [5.41, 5.74) is 0.333. The van der Waals surface area contributed by atoms with Gasteiger partial charge in [0.25, 0.3) is 0 Å². The van der Waals surface area contributed by atoms with Crippen molar-refractivity contribution in [2.75, 3.05) is 31.9 Å². The summed E-state index contributed by atoms with van der Waals surface area (Å²) in [5.74, 6) is 0.917. The van der Waals surface area contributed by atoms with Crippen molar-refractivity contribution in [1.82, 2.24) is 10.2 Å². The Bertz CT molecular complexity index is 413. The van der Waals surface area contributed by atoms with E-state index in [1.807, 2.05) is 6.92 Å². The first-order valence-corrected chi connectivity index (χ1v) is 7.75. The van der Waals surface area contributed by atoms with E-state index in [1.165, 1.54) is 4.90 Å². The first-order valence-electron chi connectivity index (χ1n) is 6.76. The van der Waals surface area contributed by atoms with E-state index < -0.39 is 12.2 Å². The highest BCUT2D eigenvalue weighted by molar-refractivity contribution is 7.99. The van der Waals surface area contributed by atoms with Crippen LogP contribution < -0.4 is 5.32 Å². The fourth-order valence-corrected chi connectivity index (χ4v) is 3.12. The minimum Gasteiger partial charge on any atom is -0.314 e. The summed E-state index contributed by atoms with van der Waals surface area (Å²) in [6, 6.07) is 5.29. The molecule has 1 N–H and O–H groups in total. The molecule has 0 aliphatic carbocycles. The molecular weight excluding hydrogens is 285 g/mol. The van der Waals surface area contributed by atoms with Gasteiger partial charge >= 0.3 is 6.18 Å². The van der Waals surface area contributed by atoms with E-state index in [0.29, 0.717) is 31.7 Å². The molecule has 0 saturated carbocycles. The second-order valence-electron chi connectivity index (χ2n) is 4.73. The molecular formula is C14H19F3N2S. The third kappa shape index (κ3) is 3.90. The number of thioether (sulfide) groups is 1. The Morgan fingerprint density at radius 1 is 1.20 bits per heavy atom. The summed E-state index contributed by atoms with van der Waals surface area (Å²) in [7, 11) is 0. The van der Waals surface area contributed by atoms with Crippen molar-refractivity contribution in [2.45, 2.75) is 24.0 Å². The lowest BCUT2D eigenvalue weighted by Crippen LogP contribution is -2.49. The van der Waals surface area contributed by atoms with Gasteiger partial charge in [-0.2, -0.15) is 13.2 Å². The Morgan fingerprint density at radius 2 is 1.80 bits per heavy atom. The summed E-state index contributed by atoms with van der Waals surface area (Å²) in [5, 5.41) is 3.09. The van der Waals surface area contributed by atoms with Gasteiger partial charge in [0.05, 0.1) is 0 Å². The van der Waals surface area contributed by atoms with Crippen LogP contribution in [0.1, 0.15) is 18.5 Å². The number of hydrogen-bond acceptors (Lipinski definition) is 3. The average molecular weight is 304 g/mol. The summed E-state index contributed by atoms with van der Waals surface area (Å²) in [6.07, 6.45) is -4.24. The molecule has 1 aromatic rings. The zero-order valence-electron chi connectivity index (χ0n) is 11.4. The van der Waals surface area contributed by atoms with E-state index in [-0.39, 0.29) is 0 Å². The van der Waals surface area contributed by atoms with Crippen LogP contribution in [0.3, 0.4) is 0 Å². The van der Waals surface area contributed by atoms with Crippen molar-refractivity contribution < 1.29 is 13.2 Å². The number of nitrogens with one attached hydrogen (secondary N) is 1. The molecule has 1 fully saturated rings. The Balaban J connectivity index is 2.21. The van der Waals surface area contributed by atoms with E-state index in [4.69, 9.17) is 0 Å². The van der Waals surface area contributed by atoms with Crippen molar-refractivity contribution in [3.05, 3.63) is 29.8 Å². The van der Waals surface area contributed by atoms with Gasteiger partial charge in [-0.1, -0.05) is 19.1 Å². The van der Waals surface area contributed by atoms with Crippen molar-refractivity contribution >= 4 is 11.8 Å². The van der Waals surface area contributed by atoms with Crippen LogP contribution in [-0.2, 0) is 0 Å². The Kier molecular flexibility index (Phi) is 5.35. The number of hydrogen-bond donors (Lipinski definition) is 1. The van der Waals surface area contributed by atoms with E-state index >= 15 is 0 Å². The molecule has 1 aliphatic heterocycles. The van der Waals surface area contributed by atoms with E-state index in [9.17, 15) is 13.2 Å². The van der Waals surface area contributed by atoms with Gasteiger partial charge in [-0.3, -0.25) is 4.90 Å². The van der Waals surface area contributed by atoms with Crippen LogP contribution in [-0.4, -0.2) is 43.0 Å². The molecule has 0 radical (unpaired) electrons. The molecule has 1 atom stereocenters. The largest absolute Gasteiger partial charge is 0.408 e. The Hall–Kier alpha value is -0.720. The van der Waals surface area contributed by atoms with Crippen LogP contribution in [0.15, 0.2) is 29.2 Å². The van der Waals surface area contributed by atoms with Crippen LogP contribution in [0.2, 0.25) is 0 Å². The van der Waals surface area contributed by atoms with Crippen LogP contribution >= 0.6 is 11.8 Å². The normalized spacial score (nSPS) is 19.0. The number of rotatable bonds is 4. The van der Waals surface area contributed by atoms with E-state index in [0.717, 1.165) is 10.6 Å². The molecule has 2 nitrogen and oxygen atoms in total. The molecule has 0 bridgehead atoms. The lowest BCUT2D eigenvalue weighted by molar-refractivity contribution is -0.187. The predicted molar refractivity (Wildman–Crippen MR) is 76.1 cm³/mol. The number of benzene rings is 1. The highest BCUT2D eigenvalue weighted by Crippen LogP contribution is 2.38. The number of alkyl halides is 3. The molecule has 112 valence electrons. The van der Waals surface area contributed by atoms with Crippen molar-refractivity contribution in [1.29, 1.82) is 0 Å². The highest BCUT2D eigenvalue weighted by atomic mass is 32.2. The molecule has 6 heteroatoms. The van der Waals surface area contributed by atoms with Crippen LogP contribution in [0.5, 0.6) is 0 Å². The number of nitrogens with zero attached hydrogens (tertiary/aromatic N) is 1. The van der Waals surface area contributed by atoms with Gasteiger partial charge in [-0.05, 0) is 23.4 Å². The number of piperazine rings is 1. The van der Waals surface area contributed by atoms with Crippen LogP contribution in [0.4, 0.5) is 13.2 Å². The van der Waals surface area contributed by atoms with Crippen molar-refractivity contribution in [3.8, 4) is 0 Å². The Morgan fingerprint density at radius 3 is 2.30 bits per heavy atom. The van der Waals surface area contributed by atoms with Gasteiger partial charge in [0.15, 0.2) is 0 Å². The van der Waals surface area contributed by atoms with Crippen molar-refractivity contribution in [3.63, 3.8) is 0 Å². The maximum Gasteiger partial charge on any atom is 0.408 e. The van der Waals surface area contributed by atoms with Gasteiger partial charge in [0.2, 0.25) is 0 Å². The van der Waals surface area contributed by atoms with Crippen molar-refractivity contribution in [2.24, 2.45) is 0 Å². The van der Waals surface area contributed by atoms with Gasteiger partial charge in [0, 0.05) is 31.1 Å². The zero-order chi connectivity index (χ0) is 14.6. The van der Waals surface area contributed by atoms with Crippen LogP contribution in [0.25, 0.3) is 0 Å². The molecule has 1 heterocycles. The predicted octanol–water partition coefficient (Wildman–Crippen LogP) is 3.31. The lowest BCUT2D eigenvalue weighted by atomic mass is 10.0. The molecule has 0 amide bonds. The maximum atomic E-state index is 13.4. The lowest BCUT2D eigenvalue weighted by Gasteiger charge is -2.36. The molecule has 2 rings (SSSR count). The molecule has 0 unspecified atom stereocenters. The zero-order valence-corrected chi connectivity index (χ0v) is 12.2. The summed E-state index contributed by atoms with van der Waals surface area (Å²) in [6.45, 7) is 4.09. The maximum absolute atomic E-state index is 13.4. The molecule has 1 aromatic carbocycles. The summed E-state index contributed by atoms with van der Waals surface area (Å²) in [4.78, 5) is 2.52. The topological polar surface area (TPSA) is 15.3 Å². The number of halogens is 3. The van der Waals surface area contributed by atoms with Gasteiger partial charge < -0.3 is 5.32 Å². The summed E-state index contributed by atoms with van der Waals surface area (Å²) >= 11 is 1.63. The quantitative estimate of drug-likeness (QED) is 0.859. The fraction of sp³-hybridized carbons (Fsp3) is 0.571. The van der Waals surface area contributed by atoms with E-state index in [1.54, 1.807) is 36.0 Å². The van der Waals surface area contributed by atoms with Crippen LogP contribution in [0, 0.1) is 0 Å². The van der Waals surface area contributed by atoms with E-state index in [2.05, 4.69) is 5.32 Å². The van der Waals surface area contributed by atoms with Gasteiger partial charge in [-0.25, -0.2) is 0 Å². The SMILES string of the molecule is CCSc1ccc([C@@H](N2CCNCC2)C(F)(F)F)cc1. The molecule has 0 aromatic heterocycles. The Labute approximate surface area is 121 Å². The smallest absolute Gasteiger partial charge is 0.314 e. The van der Waals surface area contributed by atoms with Gasteiger partial charge in [0.1, 0.15) is 6.04 Å². The minimum absolute atomic E-state index is 0.333. The molecule has 1 saturated heterocycles. The molecule has 1 aliphatic rings. The molecule has 0 spiro atoms. The monoisotopic (exact) mass is 304 g/mol. The third-order valence-electron chi connectivity index (χ3n) is 3.33. The first kappa shape index (κ1) is 15.7. The standard InChI is InChI=1S/C14H19F3N2S/c1-2-20-12-5-3-11(4-6-12)13(14(15,16)17)19-9-7-18-8-10-19/h3-6,13,18H,2,7-10H2,1H3/t13-/m1/s1. The highest BCUT2D eigenvalue weighted by Gasteiger charge is 2.44. The third-order valence-corrected chi connectivity index (χ3v) is 4.23. The fourth-order valence-electron chi connectivity index (χ4n) is 2.46. The first-order chi connectivity index (χ1) is 9.52. The summed E-state index contributed by atoms with van der Waals surface area (Å²) < 4.78 is 40.1. The molecule has 20 heavy (non-hydrogen) atoms. The average Bonchev–Trinajstić information content (AvgIpc) is 2.41. The second-order valence-corrected chi connectivity index (χ2v) is 6.07. The second kappa shape index (κ2) is 6.83. The van der Waals surface area contributed by atoms with Gasteiger partial charge in [-0.15, -0.1) is 11.8 Å². The minimum atomic E-state index is -4.24.